The van der Waals surface area contributed by atoms with E-state index in [1.54, 1.807) is 24.4 Å². The fourth-order valence-corrected chi connectivity index (χ4v) is 3.03. The summed E-state index contributed by atoms with van der Waals surface area (Å²) in [6.45, 7) is 8.56. The highest BCUT2D eigenvalue weighted by Crippen LogP contribution is 2.23. The Bertz CT molecular complexity index is 897. The van der Waals surface area contributed by atoms with Gasteiger partial charge in [-0.2, -0.15) is 0 Å². The van der Waals surface area contributed by atoms with Crippen LogP contribution in [0.15, 0.2) is 42.6 Å². The highest BCUT2D eigenvalue weighted by Gasteiger charge is 2.22. The molecule has 0 fully saturated rings. The van der Waals surface area contributed by atoms with Gasteiger partial charge >= 0.3 is 0 Å². The van der Waals surface area contributed by atoms with E-state index in [4.69, 9.17) is 0 Å². The molecule has 0 aliphatic rings. The summed E-state index contributed by atoms with van der Waals surface area (Å²) in [5.41, 5.74) is 2.65. The Morgan fingerprint density at radius 2 is 1.77 bits per heavy atom. The Balaban J connectivity index is 2.06. The topological polar surface area (TPSA) is 91.4 Å². The Hall–Kier alpha value is -3.22. The largest absolute Gasteiger partial charge is 0.355 e. The van der Waals surface area contributed by atoms with Gasteiger partial charge in [0.1, 0.15) is 12.4 Å². The average molecular weight is 425 g/mol. The maximum Gasteiger partial charge on any atom is 0.240 e. The minimum absolute atomic E-state index is 0.00569. The first-order valence-corrected chi connectivity index (χ1v) is 10.6. The molecule has 1 heterocycles. The van der Waals surface area contributed by atoms with Crippen LogP contribution in [0.5, 0.6) is 0 Å². The number of aromatic nitrogens is 1. The van der Waals surface area contributed by atoms with Gasteiger partial charge in [-0.05, 0) is 55.5 Å². The first kappa shape index (κ1) is 24.1. The zero-order chi connectivity index (χ0) is 22.8. The first-order chi connectivity index (χ1) is 14.8. The van der Waals surface area contributed by atoms with Gasteiger partial charge in [-0.25, -0.2) is 4.98 Å². The summed E-state index contributed by atoms with van der Waals surface area (Å²) < 4.78 is 0. The lowest BCUT2D eigenvalue weighted by atomic mass is 10.1. The minimum atomic E-state index is -0.297. The summed E-state index contributed by atoms with van der Waals surface area (Å²) in [6, 6.07) is 10.9. The van der Waals surface area contributed by atoms with Crippen LogP contribution in [0, 0.1) is 19.8 Å². The van der Waals surface area contributed by atoms with Crippen LogP contribution in [-0.4, -0.2) is 35.8 Å². The van der Waals surface area contributed by atoms with Crippen LogP contribution in [0.4, 0.5) is 11.5 Å². The molecule has 0 aliphatic heterocycles. The molecule has 166 valence electrons. The van der Waals surface area contributed by atoms with E-state index in [9.17, 15) is 14.4 Å². The number of carbonyl (C=O) groups excluding carboxylic acids is 3. The summed E-state index contributed by atoms with van der Waals surface area (Å²) in [5, 5.41) is 5.56. The molecule has 7 heteroatoms. The molecule has 0 spiro atoms. The second-order valence-electron chi connectivity index (χ2n) is 7.99. The quantitative estimate of drug-likeness (QED) is 0.609. The lowest BCUT2D eigenvalue weighted by Crippen LogP contribution is -2.42. The Morgan fingerprint density at radius 3 is 2.45 bits per heavy atom. The number of rotatable bonds is 10. The normalized spacial score (nSPS) is 10.6. The molecule has 2 aromatic rings. The molecule has 0 atom stereocenters. The Kier molecular flexibility index (Phi) is 9.18. The van der Waals surface area contributed by atoms with Gasteiger partial charge in [0.25, 0.3) is 0 Å². The first-order valence-electron chi connectivity index (χ1n) is 10.6. The van der Waals surface area contributed by atoms with Crippen LogP contribution in [0.1, 0.15) is 44.2 Å². The monoisotopic (exact) mass is 424 g/mol. The van der Waals surface area contributed by atoms with Gasteiger partial charge in [0, 0.05) is 31.3 Å². The average Bonchev–Trinajstić information content (AvgIpc) is 2.73. The standard InChI is InChI=1S/C24H32N4O3/c1-17(2)13-15-26-23(30)16-28(20-9-7-8-18(3)19(20)4)24(31)12-11-22(29)27-21-10-5-6-14-25-21/h5-10,14,17H,11-13,15-16H2,1-4H3,(H,26,30)(H,25,27,29). The number of pyridine rings is 1. The molecule has 1 aromatic carbocycles. The second-order valence-corrected chi connectivity index (χ2v) is 7.99. The number of hydrogen-bond donors (Lipinski definition) is 2. The van der Waals surface area contributed by atoms with Crippen molar-refractivity contribution in [3.8, 4) is 0 Å². The number of nitrogens with one attached hydrogen (secondary N) is 2. The smallest absolute Gasteiger partial charge is 0.240 e. The van der Waals surface area contributed by atoms with Crippen molar-refractivity contribution in [2.75, 3.05) is 23.3 Å². The van der Waals surface area contributed by atoms with Crippen molar-refractivity contribution in [3.05, 3.63) is 53.7 Å². The fraction of sp³-hybridized carbons (Fsp3) is 0.417. The van der Waals surface area contributed by atoms with Gasteiger partial charge in [0.2, 0.25) is 17.7 Å². The molecule has 0 unspecified atom stereocenters. The SMILES string of the molecule is Cc1cccc(N(CC(=O)NCCC(C)C)C(=O)CCC(=O)Nc2ccccn2)c1C. The number of nitrogens with zero attached hydrogens (tertiary/aromatic N) is 2. The number of anilines is 2. The van der Waals surface area contributed by atoms with E-state index in [0.717, 1.165) is 17.5 Å². The van der Waals surface area contributed by atoms with E-state index >= 15 is 0 Å². The maximum absolute atomic E-state index is 13.0. The van der Waals surface area contributed by atoms with Crippen LogP contribution in [0.3, 0.4) is 0 Å². The highest BCUT2D eigenvalue weighted by atomic mass is 16.2. The van der Waals surface area contributed by atoms with E-state index in [2.05, 4.69) is 29.5 Å². The van der Waals surface area contributed by atoms with Crippen molar-refractivity contribution in [3.63, 3.8) is 0 Å². The molecule has 0 radical (unpaired) electrons. The third kappa shape index (κ3) is 7.85. The van der Waals surface area contributed by atoms with Crippen LogP contribution in [0.25, 0.3) is 0 Å². The van der Waals surface area contributed by atoms with Gasteiger partial charge in [-0.15, -0.1) is 0 Å². The third-order valence-corrected chi connectivity index (χ3v) is 5.01. The molecule has 1 aromatic heterocycles. The summed E-state index contributed by atoms with van der Waals surface area (Å²) >= 11 is 0. The van der Waals surface area contributed by atoms with Gasteiger partial charge in [0.15, 0.2) is 0 Å². The van der Waals surface area contributed by atoms with Crippen molar-refractivity contribution >= 4 is 29.2 Å². The van der Waals surface area contributed by atoms with Crippen LogP contribution >= 0.6 is 0 Å². The molecule has 2 N–H and O–H groups in total. The number of amides is 3. The third-order valence-electron chi connectivity index (χ3n) is 5.01. The van der Waals surface area contributed by atoms with Gasteiger partial charge in [-0.1, -0.05) is 32.0 Å². The van der Waals surface area contributed by atoms with Crippen molar-refractivity contribution < 1.29 is 14.4 Å². The van der Waals surface area contributed by atoms with Crippen molar-refractivity contribution in [1.29, 1.82) is 0 Å². The van der Waals surface area contributed by atoms with Crippen LogP contribution < -0.4 is 15.5 Å². The second kappa shape index (κ2) is 11.8. The zero-order valence-electron chi connectivity index (χ0n) is 18.8. The summed E-state index contributed by atoms with van der Waals surface area (Å²) in [4.78, 5) is 43.3. The van der Waals surface area contributed by atoms with Gasteiger partial charge in [0.05, 0.1) is 0 Å². The van der Waals surface area contributed by atoms with E-state index in [-0.39, 0.29) is 37.1 Å². The molecular weight excluding hydrogens is 392 g/mol. The van der Waals surface area contributed by atoms with Crippen LogP contribution in [0.2, 0.25) is 0 Å². The molecule has 0 aliphatic carbocycles. The van der Waals surface area contributed by atoms with E-state index in [0.29, 0.717) is 24.0 Å². The van der Waals surface area contributed by atoms with Gasteiger partial charge in [-0.3, -0.25) is 14.4 Å². The van der Waals surface area contributed by atoms with Crippen molar-refractivity contribution in [1.82, 2.24) is 10.3 Å². The molecular formula is C24H32N4O3. The molecule has 0 saturated heterocycles. The van der Waals surface area contributed by atoms with Crippen molar-refractivity contribution in [2.45, 2.75) is 47.0 Å². The molecule has 31 heavy (non-hydrogen) atoms. The lowest BCUT2D eigenvalue weighted by molar-refractivity contribution is -0.125. The van der Waals surface area contributed by atoms with Gasteiger partial charge < -0.3 is 15.5 Å². The van der Waals surface area contributed by atoms with Crippen molar-refractivity contribution in [2.24, 2.45) is 5.92 Å². The molecule has 0 saturated carbocycles. The predicted octanol–water partition coefficient (Wildman–Crippen LogP) is 3.61. The highest BCUT2D eigenvalue weighted by molar-refractivity contribution is 6.01. The van der Waals surface area contributed by atoms with E-state index in [1.165, 1.54) is 4.90 Å². The Morgan fingerprint density at radius 1 is 1.00 bits per heavy atom. The minimum Gasteiger partial charge on any atom is -0.355 e. The summed E-state index contributed by atoms with van der Waals surface area (Å²) in [7, 11) is 0. The zero-order valence-corrected chi connectivity index (χ0v) is 18.8. The van der Waals surface area contributed by atoms with E-state index < -0.39 is 0 Å². The number of benzene rings is 1. The molecule has 7 nitrogen and oxygen atoms in total. The maximum atomic E-state index is 13.0. The lowest BCUT2D eigenvalue weighted by Gasteiger charge is -2.25. The van der Waals surface area contributed by atoms with E-state index in [1.807, 2.05) is 32.0 Å². The number of aryl methyl sites for hydroxylation is 1. The number of carbonyl (C=O) groups is 3. The predicted molar refractivity (Wildman–Crippen MR) is 123 cm³/mol. The molecule has 3 amide bonds. The Labute approximate surface area is 184 Å². The summed E-state index contributed by atoms with van der Waals surface area (Å²) in [5.74, 6) is 0.136. The van der Waals surface area contributed by atoms with Crippen LogP contribution in [-0.2, 0) is 14.4 Å². The molecule has 2 rings (SSSR count). The summed E-state index contributed by atoms with van der Waals surface area (Å²) in [6.07, 6.45) is 2.45. The number of hydrogen-bond acceptors (Lipinski definition) is 4. The fourth-order valence-electron chi connectivity index (χ4n) is 3.03. The molecule has 0 bridgehead atoms.